The van der Waals surface area contributed by atoms with Crippen LogP contribution in [0.1, 0.15) is 85.0 Å². The van der Waals surface area contributed by atoms with Gasteiger partial charge in [-0.25, -0.2) is 4.79 Å². The van der Waals surface area contributed by atoms with Crippen molar-refractivity contribution in [2.75, 3.05) is 26.4 Å². The number of unbranched alkanes of at least 4 members (excludes halogenated alkanes) is 6. The van der Waals surface area contributed by atoms with Crippen molar-refractivity contribution in [3.8, 4) is 0 Å². The number of hydrogen-bond acceptors (Lipinski definition) is 7. The summed E-state index contributed by atoms with van der Waals surface area (Å²) in [6.45, 7) is 7.36. The second-order valence-electron chi connectivity index (χ2n) is 11.5. The highest BCUT2D eigenvalue weighted by atomic mass is 28.4. The summed E-state index contributed by atoms with van der Waals surface area (Å²) in [6.07, 6.45) is 5.73. The molecule has 41 heavy (non-hydrogen) atoms. The number of aliphatic hydroxyl groups excluding tert-OH is 2. The van der Waals surface area contributed by atoms with E-state index < -0.39 is 20.4 Å². The van der Waals surface area contributed by atoms with Crippen molar-refractivity contribution in [2.45, 2.75) is 96.1 Å². The van der Waals surface area contributed by atoms with Gasteiger partial charge in [0.2, 0.25) is 0 Å². The Morgan fingerprint density at radius 1 is 0.707 bits per heavy atom. The Morgan fingerprint density at radius 3 is 1.63 bits per heavy atom. The second-order valence-corrected chi connectivity index (χ2v) is 15.7. The highest BCUT2D eigenvalue weighted by Gasteiger charge is 2.52. The largest absolute Gasteiger partial charge is 0.466 e. The lowest BCUT2D eigenvalue weighted by atomic mass is 10.2. The van der Waals surface area contributed by atoms with Crippen LogP contribution in [0.5, 0.6) is 0 Å². The molecule has 0 aliphatic rings. The van der Waals surface area contributed by atoms with E-state index in [1.54, 1.807) is 0 Å². The number of esters is 2. The average Bonchev–Trinajstić information content (AvgIpc) is 2.97. The highest BCUT2D eigenvalue weighted by Crippen LogP contribution is 2.38. The Kier molecular flexibility index (Phi) is 15.9. The molecule has 0 radical (unpaired) electrons. The van der Waals surface area contributed by atoms with Gasteiger partial charge in [-0.15, -0.1) is 0 Å². The Bertz CT molecular complexity index is 952. The highest BCUT2D eigenvalue weighted by molar-refractivity contribution is 6.99. The summed E-state index contributed by atoms with van der Waals surface area (Å²) in [7, 11) is -3.06. The molecule has 0 aliphatic heterocycles. The molecule has 1 unspecified atom stereocenters. The smallest absolute Gasteiger partial charge is 0.334 e. The first-order valence-electron chi connectivity index (χ1n) is 15.1. The van der Waals surface area contributed by atoms with Gasteiger partial charge in [0, 0.05) is 19.6 Å². The molecule has 2 rings (SSSR count). The van der Waals surface area contributed by atoms with Gasteiger partial charge in [-0.3, -0.25) is 4.79 Å². The number of benzene rings is 2. The van der Waals surface area contributed by atoms with E-state index in [1.807, 2.05) is 36.4 Å². The van der Waals surface area contributed by atoms with Crippen LogP contribution in [0.15, 0.2) is 60.7 Å². The number of carbonyl (C=O) groups excluding carboxylic acids is 2. The van der Waals surface area contributed by atoms with Gasteiger partial charge in [0.25, 0.3) is 8.32 Å². The molecule has 0 spiro atoms. The van der Waals surface area contributed by atoms with Crippen LogP contribution < -0.4 is 10.4 Å². The molecule has 228 valence electrons. The molecular weight excluding hydrogens is 536 g/mol. The van der Waals surface area contributed by atoms with Crippen molar-refractivity contribution in [1.82, 2.24) is 0 Å². The quantitative estimate of drug-likeness (QED) is 0.129. The van der Waals surface area contributed by atoms with Crippen LogP contribution in [0.25, 0.3) is 0 Å². The number of rotatable bonds is 20. The first-order valence-corrected chi connectivity index (χ1v) is 17.0. The van der Waals surface area contributed by atoms with Gasteiger partial charge in [-0.05, 0) is 60.4 Å². The van der Waals surface area contributed by atoms with E-state index in [4.69, 9.17) is 24.1 Å². The topological polar surface area (TPSA) is 102 Å². The fourth-order valence-corrected chi connectivity index (χ4v) is 9.69. The first kappa shape index (κ1) is 34.7. The number of hydrogen-bond donors (Lipinski definition) is 2. The zero-order valence-corrected chi connectivity index (χ0v) is 26.2. The number of carbonyl (C=O) groups is 2. The summed E-state index contributed by atoms with van der Waals surface area (Å²) in [5, 5.41) is 19.7. The molecular formula is C33H50O7Si. The Morgan fingerprint density at radius 2 is 1.17 bits per heavy atom. The molecule has 0 aromatic heterocycles. The van der Waals surface area contributed by atoms with E-state index in [9.17, 15) is 9.59 Å². The molecule has 0 amide bonds. The lowest BCUT2D eigenvalue weighted by Gasteiger charge is -2.44. The van der Waals surface area contributed by atoms with E-state index in [0.717, 1.165) is 55.3 Å². The van der Waals surface area contributed by atoms with Crippen LogP contribution in [-0.4, -0.2) is 63.0 Å². The normalized spacial score (nSPS) is 12.6. The van der Waals surface area contributed by atoms with E-state index in [-0.39, 0.29) is 43.7 Å². The van der Waals surface area contributed by atoms with Crippen molar-refractivity contribution < 1.29 is 33.7 Å². The molecule has 0 bridgehead atoms. The zero-order valence-electron chi connectivity index (χ0n) is 25.2. The fraction of sp³-hybridized carbons (Fsp3) is 0.576. The molecule has 0 saturated carbocycles. The molecule has 2 N–H and O–H groups in total. The Balaban J connectivity index is 2.27. The molecule has 2 aromatic carbocycles. The van der Waals surface area contributed by atoms with Crippen LogP contribution in [-0.2, 0) is 23.5 Å². The van der Waals surface area contributed by atoms with Gasteiger partial charge in [0.05, 0.1) is 13.2 Å². The molecule has 0 fully saturated rings. The predicted octanol–water partition coefficient (Wildman–Crippen LogP) is 4.90. The minimum atomic E-state index is -3.06. The molecule has 2 aromatic rings. The van der Waals surface area contributed by atoms with Crippen molar-refractivity contribution in [3.63, 3.8) is 0 Å². The van der Waals surface area contributed by atoms with Crippen LogP contribution in [0.4, 0.5) is 0 Å². The number of aliphatic hydroxyl groups is 2. The summed E-state index contributed by atoms with van der Waals surface area (Å²) in [4.78, 5) is 26.2. The fourth-order valence-electron chi connectivity index (χ4n) is 5.04. The second kappa shape index (κ2) is 18.8. The minimum Gasteiger partial charge on any atom is -0.466 e. The molecule has 8 heteroatoms. The van der Waals surface area contributed by atoms with Crippen LogP contribution in [0.2, 0.25) is 5.04 Å². The summed E-state index contributed by atoms with van der Waals surface area (Å²) >= 11 is 0. The third-order valence-corrected chi connectivity index (χ3v) is 12.3. The van der Waals surface area contributed by atoms with E-state index in [0.29, 0.717) is 13.0 Å². The molecule has 0 saturated heterocycles. The standard InChI is InChI=1S/C33H50O7Si/c1-33(2,3)41(28-18-10-8-11-19-28,29-20-12-9-13-21-29)40-30(32(37)39-27-17-7-5-15-25-35)22-23-31(36)38-26-16-6-4-14-24-34/h8-13,18-21,30,34-35H,4-7,14-17,22-27H2,1-3H3. The summed E-state index contributed by atoms with van der Waals surface area (Å²) in [5.74, 6) is -0.822. The number of ether oxygens (including phenoxy) is 2. The summed E-state index contributed by atoms with van der Waals surface area (Å²) < 4.78 is 18.2. The van der Waals surface area contributed by atoms with Gasteiger partial charge >= 0.3 is 11.9 Å². The maximum absolute atomic E-state index is 13.5. The van der Waals surface area contributed by atoms with Crippen molar-refractivity contribution in [3.05, 3.63) is 60.7 Å². The molecule has 7 nitrogen and oxygen atoms in total. The maximum atomic E-state index is 13.5. The SMILES string of the molecule is CC(C)(C)[Si](OC(CCC(=O)OCCCCCCO)C(=O)OCCCCCCO)(c1ccccc1)c1ccccc1. The minimum absolute atomic E-state index is 0.0467. The van der Waals surface area contributed by atoms with Crippen molar-refractivity contribution >= 4 is 30.6 Å². The van der Waals surface area contributed by atoms with Crippen LogP contribution in [0.3, 0.4) is 0 Å². The molecule has 0 aliphatic carbocycles. The van der Waals surface area contributed by atoms with E-state index >= 15 is 0 Å². The predicted molar refractivity (Wildman–Crippen MR) is 165 cm³/mol. The van der Waals surface area contributed by atoms with Gasteiger partial charge in [0.15, 0.2) is 0 Å². The van der Waals surface area contributed by atoms with Crippen molar-refractivity contribution in [2.24, 2.45) is 0 Å². The van der Waals surface area contributed by atoms with Crippen molar-refractivity contribution in [1.29, 1.82) is 0 Å². The van der Waals surface area contributed by atoms with E-state index in [1.165, 1.54) is 0 Å². The lowest BCUT2D eigenvalue weighted by molar-refractivity contribution is -0.154. The summed E-state index contributed by atoms with van der Waals surface area (Å²) in [5.41, 5.74) is 0. The maximum Gasteiger partial charge on any atom is 0.334 e. The lowest BCUT2D eigenvalue weighted by Crippen LogP contribution is -2.68. The average molecular weight is 587 g/mol. The molecule has 1 atom stereocenters. The Hall–Kier alpha value is -2.52. The monoisotopic (exact) mass is 586 g/mol. The van der Waals surface area contributed by atoms with Gasteiger partial charge < -0.3 is 24.1 Å². The van der Waals surface area contributed by atoms with Gasteiger partial charge in [-0.1, -0.05) is 94.3 Å². The zero-order chi connectivity index (χ0) is 30.0. The first-order chi connectivity index (χ1) is 19.8. The Labute approximate surface area is 247 Å². The van der Waals surface area contributed by atoms with Crippen LogP contribution in [0, 0.1) is 0 Å². The van der Waals surface area contributed by atoms with Gasteiger partial charge in [0.1, 0.15) is 6.10 Å². The van der Waals surface area contributed by atoms with Crippen LogP contribution >= 0.6 is 0 Å². The van der Waals surface area contributed by atoms with E-state index in [2.05, 4.69) is 45.0 Å². The van der Waals surface area contributed by atoms with Gasteiger partial charge in [-0.2, -0.15) is 0 Å². The third kappa shape index (κ3) is 11.3. The third-order valence-electron chi connectivity index (χ3n) is 7.22. The summed E-state index contributed by atoms with van der Waals surface area (Å²) in [6, 6.07) is 20.2. The molecule has 0 heterocycles.